The zero-order valence-electron chi connectivity index (χ0n) is 24.0. The fourth-order valence-corrected chi connectivity index (χ4v) is 6.09. The van der Waals surface area contributed by atoms with Gasteiger partial charge < -0.3 is 14.8 Å². The number of nitrogens with one attached hydrogen (secondary N) is 1. The van der Waals surface area contributed by atoms with Crippen molar-refractivity contribution in [2.45, 2.75) is 38.6 Å². The molecule has 0 unspecified atom stereocenters. The van der Waals surface area contributed by atoms with Crippen LogP contribution in [0.1, 0.15) is 58.9 Å². The van der Waals surface area contributed by atoms with Crippen LogP contribution in [0.5, 0.6) is 0 Å². The molecule has 1 N–H and O–H groups in total. The maximum atomic E-state index is 15.2. The van der Waals surface area contributed by atoms with Crippen molar-refractivity contribution in [3.63, 3.8) is 0 Å². The van der Waals surface area contributed by atoms with E-state index in [1.807, 2.05) is 32.2 Å². The Balaban J connectivity index is 1.37. The molecule has 1 fully saturated rings. The van der Waals surface area contributed by atoms with Crippen molar-refractivity contribution in [2.24, 2.45) is 7.05 Å². The maximum Gasteiger partial charge on any atom is 0.257 e. The third-order valence-electron chi connectivity index (χ3n) is 8.31. The zero-order valence-corrected chi connectivity index (χ0v) is 24.0. The largest absolute Gasteiger partial charge is 0.388 e. The summed E-state index contributed by atoms with van der Waals surface area (Å²) in [4.78, 5) is 33.7. The lowest BCUT2D eigenvalue weighted by molar-refractivity contribution is 0.0827. The number of carbonyl (C=O) groups is 1. The second kappa shape index (κ2) is 10.9. The highest BCUT2D eigenvalue weighted by Gasteiger charge is 2.29. The average molecular weight is 545 g/mol. The lowest BCUT2D eigenvalue weighted by Gasteiger charge is -2.37. The van der Waals surface area contributed by atoms with Gasteiger partial charge in [-0.3, -0.25) is 19.1 Å². The summed E-state index contributed by atoms with van der Waals surface area (Å²) in [6.45, 7) is 5.75. The number of anilines is 1. The molecule has 0 spiro atoms. The molecule has 210 valence electrons. The molecule has 0 radical (unpaired) electrons. The van der Waals surface area contributed by atoms with E-state index in [-0.39, 0.29) is 29.2 Å². The molecule has 0 aliphatic carbocycles. The van der Waals surface area contributed by atoms with E-state index < -0.39 is 0 Å². The fourth-order valence-electron chi connectivity index (χ4n) is 6.09. The highest BCUT2D eigenvalue weighted by Crippen LogP contribution is 2.37. The van der Waals surface area contributed by atoms with Gasteiger partial charge in [-0.2, -0.15) is 0 Å². The van der Waals surface area contributed by atoms with E-state index >= 15 is 4.39 Å². The van der Waals surface area contributed by atoms with E-state index in [9.17, 15) is 9.59 Å². The first-order valence-corrected chi connectivity index (χ1v) is 13.7. The number of piperidine rings is 1. The van der Waals surface area contributed by atoms with Crippen LogP contribution in [0.3, 0.4) is 0 Å². The molecule has 9 heteroatoms. The quantitative estimate of drug-likeness (QED) is 0.376. The van der Waals surface area contributed by atoms with Crippen molar-refractivity contribution in [2.75, 3.05) is 39.5 Å². The Morgan fingerprint density at radius 2 is 1.88 bits per heavy atom. The normalized spacial score (nSPS) is 15.4. The van der Waals surface area contributed by atoms with Gasteiger partial charge in [0.05, 0.1) is 5.69 Å². The molecule has 5 rings (SSSR count). The minimum Gasteiger partial charge on any atom is -0.388 e. The number of hydrogen-bond donors (Lipinski definition) is 1. The highest BCUT2D eigenvalue weighted by atomic mass is 19.1. The Morgan fingerprint density at radius 3 is 2.50 bits per heavy atom. The van der Waals surface area contributed by atoms with Gasteiger partial charge in [-0.05, 0) is 87.2 Å². The summed E-state index contributed by atoms with van der Waals surface area (Å²) in [6, 6.07) is 10.8. The maximum absolute atomic E-state index is 15.2. The number of aryl methyl sites for hydroxylation is 2. The molecule has 1 aromatic carbocycles. The van der Waals surface area contributed by atoms with Crippen LogP contribution < -0.4 is 10.9 Å². The first-order valence-electron chi connectivity index (χ1n) is 13.7. The number of amides is 1. The van der Waals surface area contributed by atoms with Crippen LogP contribution in [-0.4, -0.2) is 64.1 Å². The summed E-state index contributed by atoms with van der Waals surface area (Å²) in [5.41, 5.74) is 5.35. The molecular weight excluding hydrogens is 507 g/mol. The van der Waals surface area contributed by atoms with Crippen molar-refractivity contribution in [3.8, 4) is 5.69 Å². The van der Waals surface area contributed by atoms with Crippen LogP contribution in [0.4, 0.5) is 10.1 Å². The van der Waals surface area contributed by atoms with Crippen LogP contribution >= 0.6 is 0 Å². The van der Waals surface area contributed by atoms with Gasteiger partial charge in [-0.15, -0.1) is 0 Å². The summed E-state index contributed by atoms with van der Waals surface area (Å²) < 4.78 is 19.0. The predicted octanol–water partition coefficient (Wildman–Crippen LogP) is 4.86. The van der Waals surface area contributed by atoms with Gasteiger partial charge in [-0.25, -0.2) is 9.37 Å². The number of nitrogens with zero attached hydrogens (tertiary/aromatic N) is 5. The van der Waals surface area contributed by atoms with Gasteiger partial charge in [0, 0.05) is 75.0 Å². The smallest absolute Gasteiger partial charge is 0.257 e. The second-order valence-electron chi connectivity index (χ2n) is 10.9. The van der Waals surface area contributed by atoms with Crippen molar-refractivity contribution in [1.82, 2.24) is 23.9 Å². The third-order valence-corrected chi connectivity index (χ3v) is 8.31. The molecule has 4 heterocycles. The van der Waals surface area contributed by atoms with Crippen LogP contribution in [0.25, 0.3) is 16.7 Å². The van der Waals surface area contributed by atoms with Crippen LogP contribution in [0, 0.1) is 12.7 Å². The molecule has 1 saturated heterocycles. The standard InChI is InChI=1S/C31H37FN6O2/c1-19-15-22(31(40)35(4)5)16-25(32)29(19)21-8-12-37(13-9-21)20(2)27-18-24-26(7-11-34-30(24)36(27)6)38-14-10-23(33-3)17-28(38)39/h7,10-11,14-18,20-21,33H,8-9,12-13H2,1-6H3/t20-/m0/s1. The molecule has 1 amide bonds. The Kier molecular flexibility index (Phi) is 7.51. The van der Waals surface area contributed by atoms with Crippen LogP contribution in [-0.2, 0) is 7.05 Å². The summed E-state index contributed by atoms with van der Waals surface area (Å²) in [7, 11) is 7.15. The van der Waals surface area contributed by atoms with Crippen LogP contribution in [0.15, 0.2) is 53.6 Å². The number of carbonyl (C=O) groups excluding carboxylic acids is 1. The van der Waals surface area contributed by atoms with Gasteiger partial charge in [0.1, 0.15) is 11.5 Å². The SMILES string of the molecule is CNc1ccn(-c2ccnc3c2cc([C@H](C)N2CCC(c4c(C)cc(C(=O)N(C)C)cc4F)CC2)n3C)c(=O)c1. The molecule has 0 bridgehead atoms. The number of likely N-dealkylation sites (tertiary alicyclic amines) is 1. The fraction of sp³-hybridized carbons (Fsp3) is 0.387. The van der Waals surface area contributed by atoms with Crippen molar-refractivity contribution < 1.29 is 9.18 Å². The Labute approximate surface area is 234 Å². The number of halogens is 1. The zero-order chi connectivity index (χ0) is 28.7. The number of hydrogen-bond acceptors (Lipinski definition) is 5. The Hall–Kier alpha value is -3.98. The number of benzene rings is 1. The lowest BCUT2D eigenvalue weighted by Crippen LogP contribution is -2.36. The number of aromatic nitrogens is 3. The first-order chi connectivity index (χ1) is 19.1. The van der Waals surface area contributed by atoms with Gasteiger partial charge in [0.15, 0.2) is 0 Å². The summed E-state index contributed by atoms with van der Waals surface area (Å²) in [6.07, 6.45) is 5.20. The van der Waals surface area contributed by atoms with E-state index in [0.29, 0.717) is 5.56 Å². The van der Waals surface area contributed by atoms with Gasteiger partial charge >= 0.3 is 0 Å². The number of fused-ring (bicyclic) bond motifs is 1. The molecule has 4 aromatic rings. The molecule has 1 aliphatic rings. The Morgan fingerprint density at radius 1 is 1.15 bits per heavy atom. The van der Waals surface area contributed by atoms with Crippen molar-refractivity contribution in [3.05, 3.63) is 87.3 Å². The topological polar surface area (TPSA) is 75.4 Å². The van der Waals surface area contributed by atoms with E-state index in [4.69, 9.17) is 0 Å². The molecule has 1 aliphatic heterocycles. The predicted molar refractivity (Wildman–Crippen MR) is 157 cm³/mol. The summed E-state index contributed by atoms with van der Waals surface area (Å²) in [5.74, 6) is -0.369. The third kappa shape index (κ3) is 4.90. The molecule has 3 aromatic heterocycles. The van der Waals surface area contributed by atoms with E-state index in [1.54, 1.807) is 44.2 Å². The molecular formula is C31H37FN6O2. The van der Waals surface area contributed by atoms with Crippen LogP contribution in [0.2, 0.25) is 0 Å². The summed E-state index contributed by atoms with van der Waals surface area (Å²) >= 11 is 0. The molecule has 8 nitrogen and oxygen atoms in total. The number of pyridine rings is 2. The molecule has 0 saturated carbocycles. The van der Waals surface area contributed by atoms with Crippen molar-refractivity contribution in [1.29, 1.82) is 0 Å². The molecule has 1 atom stereocenters. The Bertz CT molecular complexity index is 1610. The van der Waals surface area contributed by atoms with Crippen molar-refractivity contribution >= 4 is 22.6 Å². The van der Waals surface area contributed by atoms with E-state index in [2.05, 4.69) is 32.8 Å². The average Bonchev–Trinajstić information content (AvgIpc) is 3.28. The first kappa shape index (κ1) is 27.6. The van der Waals surface area contributed by atoms with Gasteiger partial charge in [0.2, 0.25) is 0 Å². The lowest BCUT2D eigenvalue weighted by atomic mass is 9.85. The van der Waals surface area contributed by atoms with E-state index in [0.717, 1.165) is 65.2 Å². The van der Waals surface area contributed by atoms with Gasteiger partial charge in [-0.1, -0.05) is 0 Å². The minimum absolute atomic E-state index is 0.110. The van der Waals surface area contributed by atoms with E-state index in [1.165, 1.54) is 11.0 Å². The number of rotatable bonds is 6. The summed E-state index contributed by atoms with van der Waals surface area (Å²) in [5, 5.41) is 3.93. The second-order valence-corrected chi connectivity index (χ2v) is 10.9. The monoisotopic (exact) mass is 544 g/mol. The molecule has 40 heavy (non-hydrogen) atoms. The minimum atomic E-state index is -0.290. The van der Waals surface area contributed by atoms with Gasteiger partial charge in [0.25, 0.3) is 11.5 Å². The highest BCUT2D eigenvalue weighted by molar-refractivity contribution is 5.94.